The summed E-state index contributed by atoms with van der Waals surface area (Å²) < 4.78 is 26.5. The number of hydrogen-bond donors (Lipinski definition) is 3. The van der Waals surface area contributed by atoms with Crippen LogP contribution in [0.5, 0.6) is 0 Å². The van der Waals surface area contributed by atoms with Crippen molar-refractivity contribution in [1.82, 2.24) is 4.72 Å². The molecule has 0 aliphatic heterocycles. The van der Waals surface area contributed by atoms with Crippen LogP contribution in [0.4, 0.5) is 11.4 Å². The molecular weight excluding hydrogens is 378 g/mol. The van der Waals surface area contributed by atoms with Gasteiger partial charge in [0.2, 0.25) is 15.9 Å². The molecule has 1 atom stereocenters. The number of hydrogen-bond acceptors (Lipinski definition) is 5. The van der Waals surface area contributed by atoms with Gasteiger partial charge in [0.25, 0.3) is 0 Å². The molecule has 0 saturated heterocycles. The number of para-hydroxylation sites is 1. The van der Waals surface area contributed by atoms with Crippen LogP contribution >= 0.6 is 0 Å². The lowest BCUT2D eigenvalue weighted by Crippen LogP contribution is -2.38. The lowest BCUT2D eigenvalue weighted by molar-refractivity contribution is -0.115. The molecule has 0 spiro atoms. The number of anilines is 2. The van der Waals surface area contributed by atoms with E-state index in [9.17, 15) is 18.3 Å². The Morgan fingerprint density at radius 3 is 2.46 bits per heavy atom. The Kier molecular flexibility index (Phi) is 7.56. The number of aryl methyl sites for hydroxylation is 1. The number of carbonyl (C=O) groups is 1. The number of nitrogens with one attached hydrogen (secondary N) is 2. The number of benzene rings is 2. The van der Waals surface area contributed by atoms with Crippen molar-refractivity contribution in [1.29, 1.82) is 0 Å². The maximum absolute atomic E-state index is 12.6. The van der Waals surface area contributed by atoms with Crippen LogP contribution in [0.15, 0.2) is 53.4 Å². The number of rotatable bonds is 9. The largest absolute Gasteiger partial charge is 0.391 e. The van der Waals surface area contributed by atoms with Gasteiger partial charge >= 0.3 is 0 Å². The highest BCUT2D eigenvalue weighted by Gasteiger charge is 2.18. The maximum Gasteiger partial charge on any atom is 0.243 e. The van der Waals surface area contributed by atoms with Gasteiger partial charge in [-0.25, -0.2) is 13.1 Å². The van der Waals surface area contributed by atoms with Crippen molar-refractivity contribution >= 4 is 27.3 Å². The van der Waals surface area contributed by atoms with Crippen LogP contribution in [-0.4, -0.2) is 45.7 Å². The standard InChI is InChI=1S/C20H27N3O4S/c1-4-18(24)13-23(17-8-6-5-7-9-17)14-20(25)22-16-11-10-15(2)19(12-16)28(26,27)21-3/h5-12,18,21,24H,4,13-14H2,1-3H3,(H,22,25). The summed E-state index contributed by atoms with van der Waals surface area (Å²) in [5, 5.41) is 12.8. The fourth-order valence-electron chi connectivity index (χ4n) is 2.73. The molecule has 0 radical (unpaired) electrons. The van der Waals surface area contributed by atoms with Crippen LogP contribution in [0.25, 0.3) is 0 Å². The van der Waals surface area contributed by atoms with Crippen LogP contribution in [0.3, 0.4) is 0 Å². The quantitative estimate of drug-likeness (QED) is 0.594. The molecule has 0 heterocycles. The molecular formula is C20H27N3O4S. The van der Waals surface area contributed by atoms with Gasteiger partial charge in [0.05, 0.1) is 17.5 Å². The van der Waals surface area contributed by atoms with Gasteiger partial charge in [-0.2, -0.15) is 0 Å². The lowest BCUT2D eigenvalue weighted by atomic mass is 10.2. The highest BCUT2D eigenvalue weighted by atomic mass is 32.2. The van der Waals surface area contributed by atoms with Gasteiger partial charge in [0, 0.05) is 17.9 Å². The summed E-state index contributed by atoms with van der Waals surface area (Å²) in [4.78, 5) is 14.5. The van der Waals surface area contributed by atoms with Crippen LogP contribution in [0, 0.1) is 6.92 Å². The zero-order chi connectivity index (χ0) is 20.7. The van der Waals surface area contributed by atoms with Gasteiger partial charge in [0.1, 0.15) is 0 Å². The second kappa shape index (κ2) is 9.68. The monoisotopic (exact) mass is 405 g/mol. The zero-order valence-electron chi connectivity index (χ0n) is 16.3. The lowest BCUT2D eigenvalue weighted by Gasteiger charge is -2.26. The van der Waals surface area contributed by atoms with Gasteiger partial charge < -0.3 is 15.3 Å². The Morgan fingerprint density at radius 2 is 1.86 bits per heavy atom. The minimum Gasteiger partial charge on any atom is -0.391 e. The van der Waals surface area contributed by atoms with E-state index in [-0.39, 0.29) is 17.3 Å². The molecule has 0 aromatic heterocycles. The smallest absolute Gasteiger partial charge is 0.243 e. The summed E-state index contributed by atoms with van der Waals surface area (Å²) in [6, 6.07) is 14.1. The number of amides is 1. The average molecular weight is 406 g/mol. The molecule has 0 bridgehead atoms. The Bertz CT molecular complexity index is 901. The molecule has 2 aromatic carbocycles. The molecule has 1 amide bonds. The number of nitrogens with zero attached hydrogens (tertiary/aromatic N) is 1. The highest BCUT2D eigenvalue weighted by Crippen LogP contribution is 2.20. The van der Waals surface area contributed by atoms with Crippen LogP contribution in [-0.2, 0) is 14.8 Å². The minimum absolute atomic E-state index is 0.0308. The number of sulfonamides is 1. The molecule has 0 fully saturated rings. The highest BCUT2D eigenvalue weighted by molar-refractivity contribution is 7.89. The van der Waals surface area contributed by atoms with Gasteiger partial charge in [0.15, 0.2) is 0 Å². The Balaban J connectivity index is 2.18. The summed E-state index contributed by atoms with van der Waals surface area (Å²) in [7, 11) is -2.27. The van der Waals surface area contributed by atoms with Crippen molar-refractivity contribution < 1.29 is 18.3 Å². The number of aliphatic hydroxyl groups excluding tert-OH is 1. The van der Waals surface area contributed by atoms with Crippen LogP contribution in [0.1, 0.15) is 18.9 Å². The second-order valence-electron chi connectivity index (χ2n) is 6.51. The third kappa shape index (κ3) is 5.79. The molecule has 152 valence electrons. The molecule has 0 aliphatic carbocycles. The molecule has 28 heavy (non-hydrogen) atoms. The molecule has 7 nitrogen and oxygen atoms in total. The molecule has 8 heteroatoms. The first kappa shape index (κ1) is 21.9. The number of aliphatic hydroxyl groups is 1. The first-order valence-electron chi connectivity index (χ1n) is 9.09. The molecule has 0 aliphatic rings. The molecule has 2 rings (SSSR count). The Labute approximate surface area is 166 Å². The van der Waals surface area contributed by atoms with Crippen molar-refractivity contribution in [2.24, 2.45) is 0 Å². The fraction of sp³-hybridized carbons (Fsp3) is 0.350. The van der Waals surface area contributed by atoms with Crippen molar-refractivity contribution in [3.8, 4) is 0 Å². The van der Waals surface area contributed by atoms with E-state index in [0.717, 1.165) is 5.69 Å². The molecule has 3 N–H and O–H groups in total. The van der Waals surface area contributed by atoms with Gasteiger partial charge in [-0.15, -0.1) is 0 Å². The van der Waals surface area contributed by atoms with E-state index < -0.39 is 16.1 Å². The maximum atomic E-state index is 12.6. The van der Waals surface area contributed by atoms with Gasteiger partial charge in [-0.3, -0.25) is 4.79 Å². The van der Waals surface area contributed by atoms with E-state index in [1.54, 1.807) is 24.0 Å². The van der Waals surface area contributed by atoms with Crippen LogP contribution in [0.2, 0.25) is 0 Å². The van der Waals surface area contributed by atoms with Crippen molar-refractivity contribution in [3.63, 3.8) is 0 Å². The first-order chi connectivity index (χ1) is 13.3. The normalized spacial score (nSPS) is 12.4. The SMILES string of the molecule is CCC(O)CN(CC(=O)Nc1ccc(C)c(S(=O)(=O)NC)c1)c1ccccc1. The van der Waals surface area contributed by atoms with Crippen molar-refractivity contribution in [2.45, 2.75) is 31.3 Å². The van der Waals surface area contributed by atoms with E-state index in [1.165, 1.54) is 13.1 Å². The van der Waals surface area contributed by atoms with E-state index in [2.05, 4.69) is 10.0 Å². The predicted molar refractivity (Wildman–Crippen MR) is 111 cm³/mol. The Hall–Kier alpha value is -2.42. The molecule has 2 aromatic rings. The van der Waals surface area contributed by atoms with Gasteiger partial charge in [-0.05, 0) is 50.2 Å². The van der Waals surface area contributed by atoms with Crippen molar-refractivity contribution in [2.75, 3.05) is 30.4 Å². The topological polar surface area (TPSA) is 98.7 Å². The molecule has 1 unspecified atom stereocenters. The van der Waals surface area contributed by atoms with E-state index in [1.807, 2.05) is 37.3 Å². The molecule has 0 saturated carbocycles. The third-order valence-corrected chi connectivity index (χ3v) is 5.94. The first-order valence-corrected chi connectivity index (χ1v) is 10.6. The summed E-state index contributed by atoms with van der Waals surface area (Å²) in [6.45, 7) is 3.92. The summed E-state index contributed by atoms with van der Waals surface area (Å²) in [5.41, 5.74) is 1.81. The summed E-state index contributed by atoms with van der Waals surface area (Å²) in [6.07, 6.45) is 0.0217. The third-order valence-electron chi connectivity index (χ3n) is 4.39. The zero-order valence-corrected chi connectivity index (χ0v) is 17.2. The predicted octanol–water partition coefficient (Wildman–Crippen LogP) is 2.12. The Morgan fingerprint density at radius 1 is 1.18 bits per heavy atom. The van der Waals surface area contributed by atoms with Crippen LogP contribution < -0.4 is 14.9 Å². The minimum atomic E-state index is -3.62. The number of carbonyl (C=O) groups excluding carboxylic acids is 1. The van der Waals surface area contributed by atoms with E-state index in [4.69, 9.17) is 0 Å². The second-order valence-corrected chi connectivity index (χ2v) is 8.37. The average Bonchev–Trinajstić information content (AvgIpc) is 2.69. The van der Waals surface area contributed by atoms with E-state index >= 15 is 0 Å². The summed E-state index contributed by atoms with van der Waals surface area (Å²) in [5.74, 6) is -0.302. The van der Waals surface area contributed by atoms with Crippen molar-refractivity contribution in [3.05, 3.63) is 54.1 Å². The van der Waals surface area contributed by atoms with E-state index in [0.29, 0.717) is 24.2 Å². The summed E-state index contributed by atoms with van der Waals surface area (Å²) >= 11 is 0. The fourth-order valence-corrected chi connectivity index (χ4v) is 3.73. The van der Waals surface area contributed by atoms with Gasteiger partial charge in [-0.1, -0.05) is 31.2 Å².